The predicted octanol–water partition coefficient (Wildman–Crippen LogP) is 6.79. The van der Waals surface area contributed by atoms with Crippen LogP contribution < -0.4 is 14.2 Å². The third kappa shape index (κ3) is 8.18. The van der Waals surface area contributed by atoms with Crippen molar-refractivity contribution in [3.8, 4) is 17.2 Å². The Balaban J connectivity index is 2.32. The summed E-state index contributed by atoms with van der Waals surface area (Å²) in [6, 6.07) is 8.05. The smallest absolute Gasteiger partial charge is 0.203 e. The Morgan fingerprint density at radius 2 is 1.17 bits per heavy atom. The van der Waals surface area contributed by atoms with Gasteiger partial charge in [-0.25, -0.2) is 0 Å². The monoisotopic (exact) mass is 397 g/mol. The molecular formula is C25H35NO3. The molecule has 0 radical (unpaired) electrons. The van der Waals surface area contributed by atoms with E-state index in [1.165, 1.54) is 0 Å². The summed E-state index contributed by atoms with van der Waals surface area (Å²) in [5.41, 5.74) is 2.13. The van der Waals surface area contributed by atoms with Crippen molar-refractivity contribution in [3.05, 3.63) is 47.8 Å². The lowest BCUT2D eigenvalue weighted by molar-refractivity contribution is 0.237. The number of unbranched alkanes of at least 4 members (excludes halogenated alkanes) is 3. The van der Waals surface area contributed by atoms with E-state index in [9.17, 15) is 0 Å². The second-order valence-electron chi connectivity index (χ2n) is 7.07. The summed E-state index contributed by atoms with van der Waals surface area (Å²) >= 11 is 0. The molecule has 4 heteroatoms. The first-order valence-electron chi connectivity index (χ1n) is 10.9. The van der Waals surface area contributed by atoms with Gasteiger partial charge in [0, 0.05) is 12.4 Å². The molecule has 0 atom stereocenters. The SMILES string of the molecule is CCCCOc1cc(/C=C/c2ccncc2)cc(OCCCC)c1OCCCC. The molecule has 1 aromatic carbocycles. The highest BCUT2D eigenvalue weighted by Gasteiger charge is 2.15. The van der Waals surface area contributed by atoms with Crippen LogP contribution in [0, 0.1) is 0 Å². The van der Waals surface area contributed by atoms with Gasteiger partial charge in [-0.3, -0.25) is 4.98 Å². The maximum absolute atomic E-state index is 6.11. The molecule has 0 unspecified atom stereocenters. The van der Waals surface area contributed by atoms with Gasteiger partial charge in [0.25, 0.3) is 0 Å². The summed E-state index contributed by atoms with van der Waals surface area (Å²) in [5.74, 6) is 2.25. The Hall–Kier alpha value is -2.49. The van der Waals surface area contributed by atoms with Crippen LogP contribution >= 0.6 is 0 Å². The minimum Gasteiger partial charge on any atom is -0.490 e. The number of pyridine rings is 1. The van der Waals surface area contributed by atoms with Crippen molar-refractivity contribution in [1.29, 1.82) is 0 Å². The van der Waals surface area contributed by atoms with Crippen molar-refractivity contribution in [1.82, 2.24) is 4.98 Å². The average Bonchev–Trinajstić information content (AvgIpc) is 2.75. The molecule has 0 aliphatic rings. The van der Waals surface area contributed by atoms with Gasteiger partial charge in [0.1, 0.15) is 0 Å². The summed E-state index contributed by atoms with van der Waals surface area (Å²) in [6.07, 6.45) is 14.0. The number of rotatable bonds is 14. The first-order valence-corrected chi connectivity index (χ1v) is 10.9. The van der Waals surface area contributed by atoms with Gasteiger partial charge in [-0.15, -0.1) is 0 Å². The number of nitrogens with zero attached hydrogens (tertiary/aromatic N) is 1. The standard InChI is InChI=1S/C25H35NO3/c1-4-7-16-27-23-19-22(11-10-21-12-14-26-15-13-21)20-24(28-17-8-5-2)25(23)29-18-9-6-3/h10-15,19-20H,4-9,16-18H2,1-3H3/b11-10+. The van der Waals surface area contributed by atoms with E-state index in [1.54, 1.807) is 12.4 Å². The number of benzene rings is 1. The molecule has 1 aromatic heterocycles. The zero-order chi connectivity index (χ0) is 20.7. The van der Waals surface area contributed by atoms with Gasteiger partial charge < -0.3 is 14.2 Å². The second-order valence-corrected chi connectivity index (χ2v) is 7.07. The molecule has 0 bridgehead atoms. The van der Waals surface area contributed by atoms with Gasteiger partial charge in [0.15, 0.2) is 11.5 Å². The quantitative estimate of drug-likeness (QED) is 0.329. The fourth-order valence-electron chi connectivity index (χ4n) is 2.69. The molecule has 0 saturated heterocycles. The molecule has 158 valence electrons. The average molecular weight is 398 g/mol. The molecule has 2 rings (SSSR count). The molecule has 0 fully saturated rings. The highest BCUT2D eigenvalue weighted by atomic mass is 16.5. The van der Waals surface area contributed by atoms with E-state index < -0.39 is 0 Å². The highest BCUT2D eigenvalue weighted by molar-refractivity contribution is 5.72. The second kappa shape index (κ2) is 13.6. The van der Waals surface area contributed by atoms with Gasteiger partial charge in [-0.2, -0.15) is 0 Å². The van der Waals surface area contributed by atoms with Crippen LogP contribution in [0.25, 0.3) is 12.2 Å². The van der Waals surface area contributed by atoms with Gasteiger partial charge in [-0.05, 0) is 54.7 Å². The topological polar surface area (TPSA) is 40.6 Å². The summed E-state index contributed by atoms with van der Waals surface area (Å²) in [7, 11) is 0. The zero-order valence-corrected chi connectivity index (χ0v) is 18.2. The minimum absolute atomic E-state index is 0.664. The first-order chi connectivity index (χ1) is 14.3. The third-order valence-electron chi connectivity index (χ3n) is 4.47. The lowest BCUT2D eigenvalue weighted by Crippen LogP contribution is -2.06. The van der Waals surface area contributed by atoms with Gasteiger partial charge in [0.05, 0.1) is 19.8 Å². The Morgan fingerprint density at radius 1 is 0.690 bits per heavy atom. The van der Waals surface area contributed by atoms with Crippen molar-refractivity contribution in [2.75, 3.05) is 19.8 Å². The van der Waals surface area contributed by atoms with Crippen molar-refractivity contribution >= 4 is 12.2 Å². The summed E-state index contributed by atoms with van der Waals surface area (Å²) in [4.78, 5) is 4.07. The molecule has 0 amide bonds. The molecule has 0 saturated carbocycles. The highest BCUT2D eigenvalue weighted by Crippen LogP contribution is 2.40. The van der Waals surface area contributed by atoms with Crippen LogP contribution in [-0.4, -0.2) is 24.8 Å². The van der Waals surface area contributed by atoms with E-state index >= 15 is 0 Å². The summed E-state index contributed by atoms with van der Waals surface area (Å²) in [6.45, 7) is 8.49. The molecule has 0 N–H and O–H groups in total. The van der Waals surface area contributed by atoms with Crippen LogP contribution in [0.15, 0.2) is 36.7 Å². The fraction of sp³-hybridized carbons (Fsp3) is 0.480. The Kier molecular flexibility index (Phi) is 10.7. The van der Waals surface area contributed by atoms with Crippen LogP contribution in [0.1, 0.15) is 70.4 Å². The molecule has 4 nitrogen and oxygen atoms in total. The Bertz CT molecular complexity index is 697. The summed E-state index contributed by atoms with van der Waals surface area (Å²) in [5, 5.41) is 0. The van der Waals surface area contributed by atoms with E-state index in [-0.39, 0.29) is 0 Å². The molecule has 1 heterocycles. The van der Waals surface area contributed by atoms with Crippen LogP contribution in [0.2, 0.25) is 0 Å². The van der Waals surface area contributed by atoms with Crippen molar-refractivity contribution in [2.24, 2.45) is 0 Å². The molecule has 29 heavy (non-hydrogen) atoms. The zero-order valence-electron chi connectivity index (χ0n) is 18.2. The Labute approximate surface area is 175 Å². The van der Waals surface area contributed by atoms with Crippen molar-refractivity contribution in [2.45, 2.75) is 59.3 Å². The number of hydrogen-bond acceptors (Lipinski definition) is 4. The minimum atomic E-state index is 0.664. The van der Waals surface area contributed by atoms with E-state index in [4.69, 9.17) is 14.2 Å². The molecule has 0 aliphatic heterocycles. The molecule has 0 aliphatic carbocycles. The van der Waals surface area contributed by atoms with Gasteiger partial charge in [-0.1, -0.05) is 52.2 Å². The van der Waals surface area contributed by atoms with E-state index in [1.807, 2.05) is 24.3 Å². The number of hydrogen-bond donors (Lipinski definition) is 0. The van der Waals surface area contributed by atoms with E-state index in [0.29, 0.717) is 19.8 Å². The number of aromatic nitrogens is 1. The molecule has 0 spiro atoms. The van der Waals surface area contributed by atoms with Crippen molar-refractivity contribution in [3.63, 3.8) is 0 Å². The maximum atomic E-state index is 6.11. The van der Waals surface area contributed by atoms with Gasteiger partial charge >= 0.3 is 0 Å². The first kappa shape index (κ1) is 22.8. The fourth-order valence-corrected chi connectivity index (χ4v) is 2.69. The van der Waals surface area contributed by atoms with Crippen LogP contribution in [0.5, 0.6) is 17.2 Å². The number of ether oxygens (including phenoxy) is 3. The van der Waals surface area contributed by atoms with E-state index in [0.717, 1.165) is 66.9 Å². The summed E-state index contributed by atoms with van der Waals surface area (Å²) < 4.78 is 18.3. The van der Waals surface area contributed by atoms with Crippen LogP contribution in [-0.2, 0) is 0 Å². The maximum Gasteiger partial charge on any atom is 0.203 e. The largest absolute Gasteiger partial charge is 0.490 e. The van der Waals surface area contributed by atoms with Crippen molar-refractivity contribution < 1.29 is 14.2 Å². The van der Waals surface area contributed by atoms with E-state index in [2.05, 4.69) is 37.9 Å². The van der Waals surface area contributed by atoms with Crippen LogP contribution in [0.3, 0.4) is 0 Å². The lowest BCUT2D eigenvalue weighted by Gasteiger charge is -2.18. The molecular weight excluding hydrogens is 362 g/mol. The third-order valence-corrected chi connectivity index (χ3v) is 4.47. The van der Waals surface area contributed by atoms with Crippen LogP contribution in [0.4, 0.5) is 0 Å². The Morgan fingerprint density at radius 3 is 1.69 bits per heavy atom. The lowest BCUT2D eigenvalue weighted by atomic mass is 10.1. The molecule has 2 aromatic rings. The van der Waals surface area contributed by atoms with Gasteiger partial charge in [0.2, 0.25) is 5.75 Å². The normalized spacial score (nSPS) is 11.0. The predicted molar refractivity (Wildman–Crippen MR) is 121 cm³/mol.